The molecule has 51 heavy (non-hydrogen) atoms. The molecule has 2 atom stereocenters. The van der Waals surface area contributed by atoms with Gasteiger partial charge in [-0.2, -0.15) is 0 Å². The molecule has 1 aromatic carbocycles. The topological polar surface area (TPSA) is 287 Å². The maximum atomic E-state index is 13.2. The SMILES string of the molecule is Cc1cc(=O)oc2cc(NC(=O)C(CCCCN)NC(=O)CNC(=O)C(CCCNN)NC(=O)CCOCCOCCOCCN=[N+]=[N-])ccc12. The Morgan fingerprint density at radius 3 is 2.27 bits per heavy atom. The first-order chi connectivity index (χ1) is 24.7. The Labute approximate surface area is 295 Å². The van der Waals surface area contributed by atoms with E-state index in [1.807, 2.05) is 0 Å². The van der Waals surface area contributed by atoms with Gasteiger partial charge >= 0.3 is 5.63 Å². The summed E-state index contributed by atoms with van der Waals surface area (Å²) in [5.74, 6) is 3.24. The summed E-state index contributed by atoms with van der Waals surface area (Å²) in [6, 6.07) is 4.42. The minimum atomic E-state index is -0.943. The monoisotopic (exact) mass is 718 g/mol. The highest BCUT2D eigenvalue weighted by atomic mass is 16.5. The maximum Gasteiger partial charge on any atom is 0.336 e. The van der Waals surface area contributed by atoms with Crippen molar-refractivity contribution in [2.75, 3.05) is 71.1 Å². The van der Waals surface area contributed by atoms with Gasteiger partial charge in [0.05, 0.1) is 46.2 Å². The number of benzene rings is 1. The number of unbranched alkanes of at least 4 members (excludes halogenated alkanes) is 1. The fourth-order valence-corrected chi connectivity index (χ4v) is 4.73. The lowest BCUT2D eigenvalue weighted by Crippen LogP contribution is -2.51. The first-order valence-electron chi connectivity index (χ1n) is 16.8. The van der Waals surface area contributed by atoms with E-state index in [4.69, 9.17) is 35.7 Å². The predicted octanol–water partition coefficient (Wildman–Crippen LogP) is 0.248. The summed E-state index contributed by atoms with van der Waals surface area (Å²) in [7, 11) is 0. The number of rotatable bonds is 27. The number of fused-ring (bicyclic) bond motifs is 1. The Morgan fingerprint density at radius 2 is 1.57 bits per heavy atom. The molecule has 0 fully saturated rings. The third-order valence-electron chi connectivity index (χ3n) is 7.32. The van der Waals surface area contributed by atoms with Crippen LogP contribution in [0.3, 0.4) is 0 Å². The van der Waals surface area contributed by atoms with Gasteiger partial charge in [0.1, 0.15) is 17.7 Å². The number of azide groups is 1. The molecule has 1 aromatic heterocycles. The molecule has 0 aliphatic carbocycles. The summed E-state index contributed by atoms with van der Waals surface area (Å²) in [4.78, 5) is 66.1. The smallest absolute Gasteiger partial charge is 0.336 e. The van der Waals surface area contributed by atoms with Crippen molar-refractivity contribution in [2.45, 2.75) is 57.5 Å². The first kappa shape index (κ1) is 42.5. The normalized spacial score (nSPS) is 12.1. The van der Waals surface area contributed by atoms with Gasteiger partial charge in [0.2, 0.25) is 23.6 Å². The third kappa shape index (κ3) is 17.7. The van der Waals surface area contributed by atoms with Crippen LogP contribution >= 0.6 is 0 Å². The molecule has 0 radical (unpaired) electrons. The zero-order chi connectivity index (χ0) is 37.3. The van der Waals surface area contributed by atoms with Gasteiger partial charge in [0, 0.05) is 47.6 Å². The van der Waals surface area contributed by atoms with E-state index in [-0.39, 0.29) is 39.0 Å². The molecule has 9 N–H and O–H groups in total. The molecule has 19 nitrogen and oxygen atoms in total. The van der Waals surface area contributed by atoms with Gasteiger partial charge in [-0.05, 0) is 68.8 Å². The number of hydrazine groups is 1. The number of ether oxygens (including phenoxy) is 3. The lowest BCUT2D eigenvalue weighted by molar-refractivity contribution is -0.131. The largest absolute Gasteiger partial charge is 0.423 e. The van der Waals surface area contributed by atoms with Crippen LogP contribution in [0.1, 0.15) is 44.1 Å². The van der Waals surface area contributed by atoms with Gasteiger partial charge in [-0.1, -0.05) is 5.11 Å². The summed E-state index contributed by atoms with van der Waals surface area (Å²) in [6.07, 6.45) is 2.18. The number of nitrogens with two attached hydrogens (primary N) is 2. The van der Waals surface area contributed by atoms with E-state index in [0.717, 1.165) is 10.9 Å². The van der Waals surface area contributed by atoms with E-state index in [1.54, 1.807) is 19.1 Å². The van der Waals surface area contributed by atoms with E-state index in [9.17, 15) is 24.0 Å². The van der Waals surface area contributed by atoms with Crippen molar-refractivity contribution in [1.82, 2.24) is 21.4 Å². The molecule has 0 bridgehead atoms. The van der Waals surface area contributed by atoms with Gasteiger partial charge in [0.15, 0.2) is 0 Å². The molecule has 4 amide bonds. The summed E-state index contributed by atoms with van der Waals surface area (Å²) >= 11 is 0. The molecule has 0 saturated carbocycles. The summed E-state index contributed by atoms with van der Waals surface area (Å²) in [6.45, 7) is 4.01. The van der Waals surface area contributed by atoms with E-state index in [0.29, 0.717) is 70.0 Å². The molecule has 282 valence electrons. The van der Waals surface area contributed by atoms with E-state index < -0.39 is 47.9 Å². The molecule has 1 heterocycles. The number of carbonyl (C=O) groups is 4. The number of carbonyl (C=O) groups excluding carboxylic acids is 4. The third-order valence-corrected chi connectivity index (χ3v) is 7.32. The number of nitrogens with zero attached hydrogens (tertiary/aromatic N) is 3. The van der Waals surface area contributed by atoms with Gasteiger partial charge in [0.25, 0.3) is 0 Å². The average Bonchev–Trinajstić information content (AvgIpc) is 3.10. The molecule has 0 aliphatic heterocycles. The molecule has 19 heteroatoms. The minimum absolute atomic E-state index is 0.00945. The van der Waals surface area contributed by atoms with Crippen LogP contribution in [0.25, 0.3) is 21.4 Å². The van der Waals surface area contributed by atoms with Gasteiger partial charge < -0.3 is 45.6 Å². The number of hydrogen-bond acceptors (Lipinski definition) is 13. The van der Waals surface area contributed by atoms with Gasteiger partial charge in [-0.15, -0.1) is 0 Å². The van der Waals surface area contributed by atoms with Crippen molar-refractivity contribution < 1.29 is 37.8 Å². The van der Waals surface area contributed by atoms with Crippen molar-refractivity contribution >= 4 is 40.3 Å². The minimum Gasteiger partial charge on any atom is -0.423 e. The van der Waals surface area contributed by atoms with Crippen LogP contribution in [-0.2, 0) is 33.4 Å². The van der Waals surface area contributed by atoms with Gasteiger partial charge in [-0.25, -0.2) is 4.79 Å². The van der Waals surface area contributed by atoms with Gasteiger partial charge in [-0.3, -0.25) is 30.4 Å². The van der Waals surface area contributed by atoms with E-state index in [2.05, 4.69) is 36.7 Å². The first-order valence-corrected chi connectivity index (χ1v) is 16.8. The second-order valence-electron chi connectivity index (χ2n) is 11.3. The van der Waals surface area contributed by atoms with E-state index in [1.165, 1.54) is 12.1 Å². The van der Waals surface area contributed by atoms with Crippen molar-refractivity contribution in [3.63, 3.8) is 0 Å². The quantitative estimate of drug-likeness (QED) is 0.0124. The van der Waals surface area contributed by atoms with Crippen LogP contribution in [-0.4, -0.2) is 102 Å². The molecule has 0 saturated heterocycles. The molecule has 0 aliphatic rings. The summed E-state index contributed by atoms with van der Waals surface area (Å²) in [5, 5.41) is 14.7. The number of anilines is 1. The van der Waals surface area contributed by atoms with Crippen LogP contribution in [0.2, 0.25) is 0 Å². The van der Waals surface area contributed by atoms with Crippen LogP contribution in [0, 0.1) is 6.92 Å². The van der Waals surface area contributed by atoms with Crippen molar-refractivity contribution in [3.8, 4) is 0 Å². The molecule has 0 spiro atoms. The highest BCUT2D eigenvalue weighted by molar-refractivity contribution is 5.99. The highest BCUT2D eigenvalue weighted by Crippen LogP contribution is 2.21. The summed E-state index contributed by atoms with van der Waals surface area (Å²) < 4.78 is 21.3. The zero-order valence-corrected chi connectivity index (χ0v) is 28.9. The molecule has 2 unspecified atom stereocenters. The Balaban J connectivity index is 1.84. The number of aryl methyl sites for hydroxylation is 1. The van der Waals surface area contributed by atoms with Crippen molar-refractivity contribution in [1.29, 1.82) is 0 Å². The Hall–Kier alpha value is -4.62. The lowest BCUT2D eigenvalue weighted by Gasteiger charge is -2.21. The van der Waals surface area contributed by atoms with E-state index >= 15 is 0 Å². The van der Waals surface area contributed by atoms with Crippen LogP contribution in [0.4, 0.5) is 5.69 Å². The van der Waals surface area contributed by atoms with Crippen LogP contribution in [0.5, 0.6) is 0 Å². The lowest BCUT2D eigenvalue weighted by atomic mass is 10.1. The zero-order valence-electron chi connectivity index (χ0n) is 28.9. The molecule has 2 rings (SSSR count). The van der Waals surface area contributed by atoms with Crippen LogP contribution in [0.15, 0.2) is 38.6 Å². The summed E-state index contributed by atoms with van der Waals surface area (Å²) in [5.41, 5.74) is 17.2. The number of nitrogens with one attached hydrogen (secondary N) is 5. The van der Waals surface area contributed by atoms with Crippen molar-refractivity contribution in [2.24, 2.45) is 16.7 Å². The predicted molar refractivity (Wildman–Crippen MR) is 188 cm³/mol. The highest BCUT2D eigenvalue weighted by Gasteiger charge is 2.24. The van der Waals surface area contributed by atoms with Crippen LogP contribution < -0.4 is 43.9 Å². The second-order valence-corrected chi connectivity index (χ2v) is 11.3. The fraction of sp³-hybridized carbons (Fsp3) is 0.594. The van der Waals surface area contributed by atoms with Crippen molar-refractivity contribution in [3.05, 3.63) is 50.7 Å². The Bertz CT molecular complexity index is 1500. The standard InChI is InChI=1S/C32H50N10O9/c1-22-19-30(45)51-27-20-23(7-8-24(22)27)39-32(47)26(5-2-3-10-33)41-29(44)21-36-31(46)25(6-4-11-37-34)40-28(43)9-13-48-15-17-50-18-16-49-14-12-38-42-35/h7-8,19-20,25-26,37H,2-6,9-18,21,33-34H2,1H3,(H,36,46)(H,39,47)(H,40,43)(H,41,44). The average molecular weight is 719 g/mol. The number of amides is 4. The molecular formula is C32H50N10O9. The molecule has 2 aromatic rings. The Morgan fingerprint density at radius 1 is 0.902 bits per heavy atom. The Kier molecular flexibility index (Phi) is 21.1. The number of hydrogen-bond donors (Lipinski definition) is 7. The molecular weight excluding hydrogens is 668 g/mol. The second kappa shape index (κ2) is 25.3. The maximum absolute atomic E-state index is 13.2. The fourth-order valence-electron chi connectivity index (χ4n) is 4.73.